The van der Waals surface area contributed by atoms with Crippen LogP contribution in [0.2, 0.25) is 0 Å². The lowest BCUT2D eigenvalue weighted by Crippen LogP contribution is -2.41. The molecule has 4 rings (SSSR count). The fourth-order valence-electron chi connectivity index (χ4n) is 3.60. The molecule has 1 aliphatic rings. The second kappa shape index (κ2) is 9.62. The Hall–Kier alpha value is -3.76. The van der Waals surface area contributed by atoms with Crippen molar-refractivity contribution in [3.8, 4) is 11.1 Å². The smallest absolute Gasteiger partial charge is 0.415 e. The zero-order valence-corrected chi connectivity index (χ0v) is 18.7. The number of hydrogen-bond acceptors (Lipinski definition) is 7. The van der Waals surface area contributed by atoms with Gasteiger partial charge in [0.1, 0.15) is 24.1 Å². The molecule has 8 nitrogen and oxygen atoms in total. The highest BCUT2D eigenvalue weighted by Gasteiger charge is 2.41. The number of rotatable bonds is 7. The molecule has 0 radical (unpaired) electrons. The summed E-state index contributed by atoms with van der Waals surface area (Å²) in [6.45, 7) is 4.72. The number of anilines is 2. The number of ether oxygens (including phenoxy) is 1. The summed E-state index contributed by atoms with van der Waals surface area (Å²) >= 11 is 0. The fourth-order valence-corrected chi connectivity index (χ4v) is 3.60. The van der Waals surface area contributed by atoms with Crippen LogP contribution in [0.1, 0.15) is 31.3 Å². The Morgan fingerprint density at radius 3 is 2.53 bits per heavy atom. The maximum atomic E-state index is 13.5. The van der Waals surface area contributed by atoms with Crippen molar-refractivity contribution in [2.75, 3.05) is 16.8 Å². The van der Waals surface area contributed by atoms with Crippen LogP contribution in [0.15, 0.2) is 42.9 Å². The minimum absolute atomic E-state index is 0.138. The molecular formula is C23H23F3N6O2. The van der Waals surface area contributed by atoms with Crippen LogP contribution in [-0.2, 0) is 4.74 Å². The second-order valence-electron chi connectivity index (χ2n) is 8.11. The molecule has 1 aliphatic heterocycles. The lowest BCUT2D eigenvalue weighted by atomic mass is 10.0. The summed E-state index contributed by atoms with van der Waals surface area (Å²) < 4.78 is 45.0. The number of cyclic esters (lactones) is 1. The maximum Gasteiger partial charge on any atom is 0.415 e. The fraction of sp³-hybridized carbons (Fsp3) is 0.348. The van der Waals surface area contributed by atoms with Crippen LogP contribution >= 0.6 is 0 Å². The van der Waals surface area contributed by atoms with E-state index in [1.54, 1.807) is 38.4 Å². The molecule has 3 heterocycles. The number of nitrogens with zero attached hydrogens (tertiary/aromatic N) is 5. The van der Waals surface area contributed by atoms with Crippen LogP contribution in [0.25, 0.3) is 11.1 Å². The first-order valence-corrected chi connectivity index (χ1v) is 10.7. The quantitative estimate of drug-likeness (QED) is 0.529. The first-order chi connectivity index (χ1) is 16.2. The zero-order valence-electron chi connectivity index (χ0n) is 18.7. The average Bonchev–Trinajstić information content (AvgIpc) is 3.21. The van der Waals surface area contributed by atoms with Crippen LogP contribution < -0.4 is 10.2 Å². The number of amides is 1. The summed E-state index contributed by atoms with van der Waals surface area (Å²) in [6.07, 6.45) is 1.36. The summed E-state index contributed by atoms with van der Waals surface area (Å²) in [5.41, 5.74) is 2.07. The summed E-state index contributed by atoms with van der Waals surface area (Å²) in [7, 11) is 0. The van der Waals surface area contributed by atoms with E-state index in [4.69, 9.17) is 4.74 Å². The lowest BCUT2D eigenvalue weighted by Gasteiger charge is -2.25. The Labute approximate surface area is 194 Å². The summed E-state index contributed by atoms with van der Waals surface area (Å²) in [4.78, 5) is 30.5. The third-order valence-electron chi connectivity index (χ3n) is 5.69. The Balaban J connectivity index is 1.49. The minimum Gasteiger partial charge on any atom is -0.447 e. The Bertz CT molecular complexity index is 1180. The highest BCUT2D eigenvalue weighted by molar-refractivity contribution is 5.89. The molecule has 2 aromatic heterocycles. The molecule has 1 saturated heterocycles. The van der Waals surface area contributed by atoms with Gasteiger partial charge in [0, 0.05) is 30.1 Å². The molecule has 0 saturated carbocycles. The van der Waals surface area contributed by atoms with Gasteiger partial charge in [-0.1, -0.05) is 13.0 Å². The van der Waals surface area contributed by atoms with Crippen LogP contribution in [-0.4, -0.2) is 45.1 Å². The van der Waals surface area contributed by atoms with Gasteiger partial charge in [0.15, 0.2) is 0 Å². The van der Waals surface area contributed by atoms with Crippen molar-refractivity contribution in [1.82, 2.24) is 19.9 Å². The van der Waals surface area contributed by atoms with Gasteiger partial charge in [-0.25, -0.2) is 32.9 Å². The van der Waals surface area contributed by atoms with Crippen molar-refractivity contribution in [3.63, 3.8) is 0 Å². The summed E-state index contributed by atoms with van der Waals surface area (Å²) in [5, 5.41) is 3.06. The number of hydrogen-bond donors (Lipinski definition) is 1. The molecule has 0 bridgehead atoms. The standard InChI is InChI=1S/C23H23F3N6O2/c1-12-8-15(4-5-17(12)24)16-9-28-21(29-10-16)14(3)30-22-27-7-6-19(31-22)32-18(11-34-23(32)33)13(2)20(25)26/h4-10,13-14,18,20H,11H2,1-3H3,(H,27,30,31)/t13-,14-,18-/m1/s1. The van der Waals surface area contributed by atoms with Gasteiger partial charge in [-0.05, 0) is 43.2 Å². The first-order valence-electron chi connectivity index (χ1n) is 10.7. The number of halogens is 3. The summed E-state index contributed by atoms with van der Waals surface area (Å²) in [6, 6.07) is 5.01. The van der Waals surface area contributed by atoms with Gasteiger partial charge in [-0.3, -0.25) is 4.90 Å². The monoisotopic (exact) mass is 472 g/mol. The minimum atomic E-state index is -2.61. The zero-order chi connectivity index (χ0) is 24.4. The molecule has 1 amide bonds. The van der Waals surface area contributed by atoms with Crippen molar-refractivity contribution < 1.29 is 22.7 Å². The van der Waals surface area contributed by atoms with E-state index in [0.29, 0.717) is 11.4 Å². The molecule has 3 aromatic rings. The number of carbonyl (C=O) groups is 1. The van der Waals surface area contributed by atoms with Gasteiger partial charge in [-0.2, -0.15) is 4.98 Å². The van der Waals surface area contributed by atoms with Gasteiger partial charge in [0.25, 0.3) is 0 Å². The van der Waals surface area contributed by atoms with Gasteiger partial charge in [-0.15, -0.1) is 0 Å². The predicted octanol–water partition coefficient (Wildman–Crippen LogP) is 4.78. The second-order valence-corrected chi connectivity index (χ2v) is 8.11. The lowest BCUT2D eigenvalue weighted by molar-refractivity contribution is 0.0685. The third kappa shape index (κ3) is 4.78. The van der Waals surface area contributed by atoms with E-state index in [2.05, 4.69) is 25.3 Å². The van der Waals surface area contributed by atoms with E-state index in [9.17, 15) is 18.0 Å². The van der Waals surface area contributed by atoms with Crippen molar-refractivity contribution in [3.05, 3.63) is 60.1 Å². The number of aromatic nitrogens is 4. The van der Waals surface area contributed by atoms with Crippen molar-refractivity contribution >= 4 is 17.9 Å². The van der Waals surface area contributed by atoms with Gasteiger partial charge in [0.05, 0.1) is 12.1 Å². The number of benzene rings is 1. The van der Waals surface area contributed by atoms with E-state index in [-0.39, 0.29) is 24.2 Å². The largest absolute Gasteiger partial charge is 0.447 e. The van der Waals surface area contributed by atoms with E-state index in [1.165, 1.54) is 25.3 Å². The Kier molecular flexibility index (Phi) is 6.62. The number of aryl methyl sites for hydroxylation is 1. The van der Waals surface area contributed by atoms with Crippen LogP contribution in [0.5, 0.6) is 0 Å². The molecule has 178 valence electrons. The topological polar surface area (TPSA) is 93.1 Å². The molecule has 1 aromatic carbocycles. The van der Waals surface area contributed by atoms with Gasteiger partial charge < -0.3 is 10.1 Å². The Morgan fingerprint density at radius 1 is 1.12 bits per heavy atom. The van der Waals surface area contributed by atoms with E-state index in [0.717, 1.165) is 16.0 Å². The number of nitrogens with one attached hydrogen (secondary N) is 1. The van der Waals surface area contributed by atoms with Crippen LogP contribution in [0, 0.1) is 18.7 Å². The van der Waals surface area contributed by atoms with E-state index in [1.807, 2.05) is 0 Å². The van der Waals surface area contributed by atoms with Crippen molar-refractivity contribution in [2.45, 2.75) is 39.3 Å². The SMILES string of the molecule is Cc1cc(-c2cnc([C@@H](C)Nc3nccc(N4C(=O)OC[C@@H]4[C@@H](C)C(F)F)n3)nc2)ccc1F. The van der Waals surface area contributed by atoms with Crippen molar-refractivity contribution in [1.29, 1.82) is 0 Å². The molecule has 0 unspecified atom stereocenters. The molecule has 34 heavy (non-hydrogen) atoms. The molecule has 0 spiro atoms. The number of alkyl halides is 2. The third-order valence-corrected chi connectivity index (χ3v) is 5.69. The molecule has 11 heteroatoms. The number of carbonyl (C=O) groups excluding carboxylic acids is 1. The van der Waals surface area contributed by atoms with E-state index < -0.39 is 30.5 Å². The van der Waals surface area contributed by atoms with E-state index >= 15 is 0 Å². The van der Waals surface area contributed by atoms with Crippen LogP contribution in [0.3, 0.4) is 0 Å². The van der Waals surface area contributed by atoms with Crippen LogP contribution in [0.4, 0.5) is 29.7 Å². The van der Waals surface area contributed by atoms with Gasteiger partial charge >= 0.3 is 6.09 Å². The molecule has 1 fully saturated rings. The molecular weight excluding hydrogens is 449 g/mol. The highest BCUT2D eigenvalue weighted by atomic mass is 19.3. The average molecular weight is 472 g/mol. The first kappa shape index (κ1) is 23.4. The van der Waals surface area contributed by atoms with Crippen molar-refractivity contribution in [2.24, 2.45) is 5.92 Å². The molecule has 1 N–H and O–H groups in total. The summed E-state index contributed by atoms with van der Waals surface area (Å²) in [5.74, 6) is -0.573. The maximum absolute atomic E-state index is 13.5. The highest BCUT2D eigenvalue weighted by Crippen LogP contribution is 2.29. The predicted molar refractivity (Wildman–Crippen MR) is 119 cm³/mol. The van der Waals surface area contributed by atoms with Gasteiger partial charge in [0.2, 0.25) is 12.4 Å². The molecule has 3 atom stereocenters. The molecule has 0 aliphatic carbocycles. The normalized spacial score (nSPS) is 17.6. The Morgan fingerprint density at radius 2 is 1.85 bits per heavy atom.